The summed E-state index contributed by atoms with van der Waals surface area (Å²) in [6.45, 7) is 4.75. The predicted octanol–water partition coefficient (Wildman–Crippen LogP) is 2.18. The lowest BCUT2D eigenvalue weighted by molar-refractivity contribution is -0.148. The molecule has 0 bridgehead atoms. The van der Waals surface area contributed by atoms with Gasteiger partial charge in [-0.15, -0.1) is 0 Å². The molecule has 6 nitrogen and oxygen atoms in total. The summed E-state index contributed by atoms with van der Waals surface area (Å²) in [5.74, 6) is 0.122. The SMILES string of the molecule is CCC1C2CC(O)C(F)CC2NC2c3cc4c(c(=O)n3CC21)COC(=O)[C@@H]4CC. The van der Waals surface area contributed by atoms with Gasteiger partial charge in [0.25, 0.3) is 5.56 Å². The van der Waals surface area contributed by atoms with E-state index in [0.29, 0.717) is 37.3 Å². The summed E-state index contributed by atoms with van der Waals surface area (Å²) in [4.78, 5) is 25.5. The van der Waals surface area contributed by atoms with E-state index in [1.54, 1.807) is 0 Å². The summed E-state index contributed by atoms with van der Waals surface area (Å²) in [5, 5.41) is 13.7. The highest BCUT2D eigenvalue weighted by Gasteiger charge is 2.51. The van der Waals surface area contributed by atoms with Crippen LogP contribution in [0.25, 0.3) is 0 Å². The van der Waals surface area contributed by atoms with Gasteiger partial charge >= 0.3 is 5.97 Å². The van der Waals surface area contributed by atoms with Gasteiger partial charge in [0.15, 0.2) is 0 Å². The van der Waals surface area contributed by atoms with Crippen molar-refractivity contribution in [3.63, 3.8) is 0 Å². The number of fused-ring (bicyclic) bond motifs is 5. The van der Waals surface area contributed by atoms with Crippen molar-refractivity contribution in [3.05, 3.63) is 33.2 Å². The zero-order chi connectivity index (χ0) is 20.4. The molecular weight excluding hydrogens is 375 g/mol. The predicted molar refractivity (Wildman–Crippen MR) is 104 cm³/mol. The number of pyridine rings is 1. The number of hydrogen-bond donors (Lipinski definition) is 2. The summed E-state index contributed by atoms with van der Waals surface area (Å²) < 4.78 is 21.4. The van der Waals surface area contributed by atoms with E-state index in [1.165, 1.54) is 0 Å². The van der Waals surface area contributed by atoms with Gasteiger partial charge in [0.1, 0.15) is 12.8 Å². The molecule has 0 aromatic carbocycles. The summed E-state index contributed by atoms with van der Waals surface area (Å²) >= 11 is 0. The first kappa shape index (κ1) is 19.2. The van der Waals surface area contributed by atoms with Crippen molar-refractivity contribution in [1.29, 1.82) is 0 Å². The molecule has 1 aliphatic carbocycles. The van der Waals surface area contributed by atoms with E-state index in [2.05, 4.69) is 12.2 Å². The number of carbonyl (C=O) groups is 1. The lowest BCUT2D eigenvalue weighted by Gasteiger charge is -2.49. The second-order valence-electron chi connectivity index (χ2n) is 9.19. The van der Waals surface area contributed by atoms with Gasteiger partial charge in [-0.25, -0.2) is 4.39 Å². The number of rotatable bonds is 2. The topological polar surface area (TPSA) is 80.6 Å². The number of aromatic nitrogens is 1. The smallest absolute Gasteiger partial charge is 0.313 e. The summed E-state index contributed by atoms with van der Waals surface area (Å²) in [5.41, 5.74) is 2.27. The van der Waals surface area contributed by atoms with Gasteiger partial charge in [-0.2, -0.15) is 0 Å². The van der Waals surface area contributed by atoms with Crippen LogP contribution in [0.2, 0.25) is 0 Å². The minimum atomic E-state index is -1.20. The Kier molecular flexibility index (Phi) is 4.59. The highest BCUT2D eigenvalue weighted by atomic mass is 19.1. The van der Waals surface area contributed by atoms with Gasteiger partial charge in [-0.3, -0.25) is 9.59 Å². The van der Waals surface area contributed by atoms with Crippen molar-refractivity contribution >= 4 is 5.97 Å². The highest BCUT2D eigenvalue weighted by Crippen LogP contribution is 2.49. The molecule has 8 atom stereocenters. The molecule has 3 aliphatic heterocycles. The van der Waals surface area contributed by atoms with Gasteiger partial charge in [-0.05, 0) is 42.7 Å². The monoisotopic (exact) mass is 404 g/mol. The number of nitrogens with one attached hydrogen (secondary N) is 1. The Labute approximate surface area is 169 Å². The van der Waals surface area contributed by atoms with Crippen LogP contribution in [0.1, 0.15) is 68.3 Å². The van der Waals surface area contributed by atoms with Crippen LogP contribution in [0.15, 0.2) is 10.9 Å². The number of piperidine rings is 1. The average molecular weight is 404 g/mol. The van der Waals surface area contributed by atoms with Crippen molar-refractivity contribution < 1.29 is 19.0 Å². The molecule has 4 aliphatic rings. The van der Waals surface area contributed by atoms with Crippen LogP contribution in [-0.2, 0) is 22.7 Å². The standard InChI is InChI=1S/C22H29FN2O4/c1-3-10-13-6-19(26)16(23)7-17(13)24-20-14(10)8-25-18(20)5-12-11(4-2)22(28)29-9-15(12)21(25)27/h5,10-11,13-14,16-17,19-20,24,26H,3-4,6-9H2,1-2H3/t10?,11-,13?,14?,16?,17?,19?,20?/m1/s1. The Morgan fingerprint density at radius 2 is 2.03 bits per heavy atom. The number of halogens is 1. The van der Waals surface area contributed by atoms with E-state index in [1.807, 2.05) is 17.6 Å². The Morgan fingerprint density at radius 1 is 1.24 bits per heavy atom. The maximum absolute atomic E-state index is 14.3. The zero-order valence-corrected chi connectivity index (χ0v) is 16.9. The molecule has 2 N–H and O–H groups in total. The molecule has 7 unspecified atom stereocenters. The molecule has 1 saturated carbocycles. The minimum absolute atomic E-state index is 0.00391. The molecule has 0 amide bonds. The van der Waals surface area contributed by atoms with Crippen LogP contribution >= 0.6 is 0 Å². The number of hydrogen-bond acceptors (Lipinski definition) is 5. The number of nitrogens with zero attached hydrogens (tertiary/aromatic N) is 1. The molecule has 29 heavy (non-hydrogen) atoms. The number of aliphatic hydroxyl groups is 1. The third kappa shape index (κ3) is 2.73. The Balaban J connectivity index is 1.57. The Hall–Kier alpha value is -1.73. The maximum atomic E-state index is 14.3. The lowest BCUT2D eigenvalue weighted by atomic mass is 9.64. The zero-order valence-electron chi connectivity index (χ0n) is 16.9. The van der Waals surface area contributed by atoms with Gasteiger partial charge in [-0.1, -0.05) is 20.3 Å². The molecule has 1 aromatic heterocycles. The first-order chi connectivity index (χ1) is 13.9. The average Bonchev–Trinajstić information content (AvgIpc) is 3.06. The van der Waals surface area contributed by atoms with Crippen LogP contribution < -0.4 is 10.9 Å². The highest BCUT2D eigenvalue weighted by molar-refractivity contribution is 5.80. The number of aliphatic hydroxyl groups excluding tert-OH is 1. The van der Waals surface area contributed by atoms with Crippen molar-refractivity contribution in [2.24, 2.45) is 17.8 Å². The fourth-order valence-electron chi connectivity index (χ4n) is 6.50. The first-order valence-corrected chi connectivity index (χ1v) is 11.0. The number of alkyl halides is 1. The van der Waals surface area contributed by atoms with Crippen molar-refractivity contribution in [3.8, 4) is 0 Å². The van der Waals surface area contributed by atoms with E-state index in [-0.39, 0.29) is 42.1 Å². The van der Waals surface area contributed by atoms with E-state index < -0.39 is 18.2 Å². The van der Waals surface area contributed by atoms with E-state index in [0.717, 1.165) is 17.7 Å². The number of cyclic esters (lactones) is 1. The fourth-order valence-corrected chi connectivity index (χ4v) is 6.50. The molecule has 0 radical (unpaired) electrons. The normalized spacial score (nSPS) is 40.5. The molecule has 7 heteroatoms. The molecule has 2 fully saturated rings. The number of esters is 1. The molecule has 0 spiro atoms. The second kappa shape index (κ2) is 6.91. The van der Waals surface area contributed by atoms with Crippen molar-refractivity contribution in [1.82, 2.24) is 9.88 Å². The van der Waals surface area contributed by atoms with Gasteiger partial charge in [0, 0.05) is 24.2 Å². The molecule has 4 heterocycles. The van der Waals surface area contributed by atoms with Gasteiger partial charge < -0.3 is 19.7 Å². The first-order valence-electron chi connectivity index (χ1n) is 11.0. The van der Waals surface area contributed by atoms with Crippen LogP contribution in [-0.4, -0.2) is 34.0 Å². The fraction of sp³-hybridized carbons (Fsp3) is 0.727. The lowest BCUT2D eigenvalue weighted by Crippen LogP contribution is -2.56. The van der Waals surface area contributed by atoms with Crippen LogP contribution in [0.5, 0.6) is 0 Å². The Morgan fingerprint density at radius 3 is 2.76 bits per heavy atom. The number of ether oxygens (including phenoxy) is 1. The van der Waals surface area contributed by atoms with Gasteiger partial charge in [0.2, 0.25) is 0 Å². The van der Waals surface area contributed by atoms with Crippen LogP contribution in [0, 0.1) is 17.8 Å². The summed E-state index contributed by atoms with van der Waals surface area (Å²) in [6, 6.07) is 2.02. The number of carbonyl (C=O) groups excluding carboxylic acids is 1. The van der Waals surface area contributed by atoms with E-state index in [4.69, 9.17) is 4.74 Å². The molecule has 1 aromatic rings. The molecule has 158 valence electrons. The quantitative estimate of drug-likeness (QED) is 0.739. The molecule has 1 saturated heterocycles. The van der Waals surface area contributed by atoms with E-state index in [9.17, 15) is 19.1 Å². The second-order valence-corrected chi connectivity index (χ2v) is 9.19. The largest absolute Gasteiger partial charge is 0.460 e. The van der Waals surface area contributed by atoms with Crippen molar-refractivity contribution in [2.45, 2.75) is 83.0 Å². The van der Waals surface area contributed by atoms with Gasteiger partial charge in [0.05, 0.1) is 23.6 Å². The van der Waals surface area contributed by atoms with Crippen LogP contribution in [0.4, 0.5) is 4.39 Å². The van der Waals surface area contributed by atoms with Crippen molar-refractivity contribution in [2.75, 3.05) is 0 Å². The van der Waals surface area contributed by atoms with E-state index >= 15 is 0 Å². The minimum Gasteiger partial charge on any atom is -0.460 e. The third-order valence-electron chi connectivity index (χ3n) is 7.93. The summed E-state index contributed by atoms with van der Waals surface area (Å²) in [7, 11) is 0. The summed E-state index contributed by atoms with van der Waals surface area (Å²) in [6.07, 6.45) is 0.225. The third-order valence-corrected chi connectivity index (χ3v) is 7.93. The molecular formula is C22H29FN2O4. The van der Waals surface area contributed by atoms with Crippen LogP contribution in [0.3, 0.4) is 0 Å². The Bertz CT molecular complexity index is 900. The maximum Gasteiger partial charge on any atom is 0.313 e. The molecule has 5 rings (SSSR count).